The normalized spacial score (nSPS) is 11.5. The van der Waals surface area contributed by atoms with Gasteiger partial charge in [0.05, 0.1) is 12.0 Å². The van der Waals surface area contributed by atoms with Gasteiger partial charge in [-0.25, -0.2) is 8.42 Å². The van der Waals surface area contributed by atoms with E-state index in [-0.39, 0.29) is 18.0 Å². The topological polar surface area (TPSA) is 63.7 Å². The standard InChI is InChI=1S/C17H18BrNO4S/c1-23-17(20)13-19(12-11-14-5-3-2-4-6-14)24(21,22)16-9-7-15(18)8-10-16/h2-10H,11-13H2,1H3. The summed E-state index contributed by atoms with van der Waals surface area (Å²) >= 11 is 3.28. The first-order valence-corrected chi connectivity index (χ1v) is 9.53. The molecule has 0 fully saturated rings. The number of ether oxygens (including phenoxy) is 1. The summed E-state index contributed by atoms with van der Waals surface area (Å²) < 4.78 is 32.2. The number of rotatable bonds is 7. The van der Waals surface area contributed by atoms with Gasteiger partial charge in [-0.05, 0) is 36.2 Å². The Hall–Kier alpha value is -1.70. The Labute approximate surface area is 150 Å². The highest BCUT2D eigenvalue weighted by molar-refractivity contribution is 9.10. The lowest BCUT2D eigenvalue weighted by molar-refractivity contribution is -0.140. The number of halogens is 1. The van der Waals surface area contributed by atoms with Gasteiger partial charge >= 0.3 is 5.97 Å². The van der Waals surface area contributed by atoms with E-state index in [0.717, 1.165) is 14.3 Å². The second-order valence-electron chi connectivity index (χ2n) is 5.10. The van der Waals surface area contributed by atoms with Crippen molar-refractivity contribution >= 4 is 31.9 Å². The predicted octanol–water partition coefficient (Wildman–Crippen LogP) is 2.86. The van der Waals surface area contributed by atoms with Gasteiger partial charge in [0, 0.05) is 11.0 Å². The van der Waals surface area contributed by atoms with Crippen LogP contribution >= 0.6 is 15.9 Å². The third-order valence-corrected chi connectivity index (χ3v) is 5.87. The molecule has 0 aliphatic heterocycles. The number of carbonyl (C=O) groups excluding carboxylic acids is 1. The van der Waals surface area contributed by atoms with Crippen LogP contribution in [0.1, 0.15) is 5.56 Å². The lowest BCUT2D eigenvalue weighted by Gasteiger charge is -2.21. The Morgan fingerprint density at radius 2 is 1.71 bits per heavy atom. The third-order valence-electron chi connectivity index (χ3n) is 3.48. The number of carbonyl (C=O) groups is 1. The van der Waals surface area contributed by atoms with Gasteiger partial charge in [0.1, 0.15) is 6.54 Å². The second-order valence-corrected chi connectivity index (χ2v) is 7.96. The molecule has 0 aliphatic rings. The molecule has 128 valence electrons. The van der Waals surface area contributed by atoms with Crippen molar-refractivity contribution in [2.75, 3.05) is 20.2 Å². The minimum absolute atomic E-state index is 0.141. The Kier molecular flexibility index (Phi) is 6.53. The molecule has 0 atom stereocenters. The van der Waals surface area contributed by atoms with Crippen LogP contribution in [0, 0.1) is 0 Å². The minimum Gasteiger partial charge on any atom is -0.468 e. The van der Waals surface area contributed by atoms with Crippen LogP contribution in [0.3, 0.4) is 0 Å². The van der Waals surface area contributed by atoms with E-state index in [2.05, 4.69) is 20.7 Å². The minimum atomic E-state index is -3.78. The van der Waals surface area contributed by atoms with E-state index >= 15 is 0 Å². The summed E-state index contributed by atoms with van der Waals surface area (Å²) in [6.45, 7) is -0.126. The predicted molar refractivity (Wildman–Crippen MR) is 95.1 cm³/mol. The fraction of sp³-hybridized carbons (Fsp3) is 0.235. The molecular weight excluding hydrogens is 394 g/mol. The first-order valence-electron chi connectivity index (χ1n) is 7.30. The van der Waals surface area contributed by atoms with Crippen molar-refractivity contribution in [1.82, 2.24) is 4.31 Å². The van der Waals surface area contributed by atoms with E-state index in [9.17, 15) is 13.2 Å². The third kappa shape index (κ3) is 4.90. The summed E-state index contributed by atoms with van der Waals surface area (Å²) in [7, 11) is -2.54. The molecule has 2 aromatic rings. The van der Waals surface area contributed by atoms with Crippen LogP contribution in [0.25, 0.3) is 0 Å². The van der Waals surface area contributed by atoms with Crippen LogP contribution in [-0.4, -0.2) is 38.9 Å². The number of esters is 1. The number of sulfonamides is 1. The zero-order chi connectivity index (χ0) is 17.6. The summed E-state index contributed by atoms with van der Waals surface area (Å²) in [5.41, 5.74) is 0.998. The average molecular weight is 412 g/mol. The largest absolute Gasteiger partial charge is 0.468 e. The molecule has 0 saturated carbocycles. The fourth-order valence-corrected chi connectivity index (χ4v) is 3.80. The van der Waals surface area contributed by atoms with Crippen molar-refractivity contribution in [1.29, 1.82) is 0 Å². The Bertz CT molecular complexity index is 776. The molecule has 0 bridgehead atoms. The van der Waals surface area contributed by atoms with E-state index in [1.807, 2.05) is 30.3 Å². The molecule has 0 radical (unpaired) electrons. The van der Waals surface area contributed by atoms with E-state index < -0.39 is 16.0 Å². The lowest BCUT2D eigenvalue weighted by Crippen LogP contribution is -2.37. The van der Waals surface area contributed by atoms with Gasteiger partial charge < -0.3 is 4.74 Å². The number of hydrogen-bond donors (Lipinski definition) is 0. The number of methoxy groups -OCH3 is 1. The van der Waals surface area contributed by atoms with E-state index in [1.165, 1.54) is 19.2 Å². The Balaban J connectivity index is 2.23. The molecular formula is C17H18BrNO4S. The van der Waals surface area contributed by atoms with Gasteiger partial charge in [0.15, 0.2) is 0 Å². The molecule has 0 aliphatic carbocycles. The zero-order valence-corrected chi connectivity index (χ0v) is 15.6. The molecule has 0 unspecified atom stereocenters. The van der Waals surface area contributed by atoms with Gasteiger partial charge in [0.2, 0.25) is 10.0 Å². The summed E-state index contributed by atoms with van der Waals surface area (Å²) in [5, 5.41) is 0. The maximum absolute atomic E-state index is 12.8. The summed E-state index contributed by atoms with van der Waals surface area (Å²) in [6, 6.07) is 15.8. The quantitative estimate of drug-likeness (QED) is 0.657. The first-order chi connectivity index (χ1) is 11.4. The van der Waals surface area contributed by atoms with Gasteiger partial charge in [-0.3, -0.25) is 4.79 Å². The van der Waals surface area contributed by atoms with Gasteiger partial charge in [0.25, 0.3) is 0 Å². The van der Waals surface area contributed by atoms with Crippen molar-refractivity contribution in [2.45, 2.75) is 11.3 Å². The van der Waals surface area contributed by atoms with Gasteiger partial charge in [-0.15, -0.1) is 0 Å². The van der Waals surface area contributed by atoms with Crippen LogP contribution in [0.2, 0.25) is 0 Å². The van der Waals surface area contributed by atoms with Crippen LogP contribution in [0.15, 0.2) is 64.0 Å². The van der Waals surface area contributed by atoms with E-state index in [1.54, 1.807) is 12.1 Å². The van der Waals surface area contributed by atoms with Gasteiger partial charge in [-0.2, -0.15) is 4.31 Å². The van der Waals surface area contributed by atoms with Crippen molar-refractivity contribution in [3.63, 3.8) is 0 Å². The van der Waals surface area contributed by atoms with E-state index in [0.29, 0.717) is 6.42 Å². The summed E-state index contributed by atoms with van der Waals surface area (Å²) in [6.07, 6.45) is 0.508. The maximum Gasteiger partial charge on any atom is 0.321 e. The number of benzene rings is 2. The molecule has 5 nitrogen and oxygen atoms in total. The highest BCUT2D eigenvalue weighted by atomic mass is 79.9. The second kappa shape index (κ2) is 8.41. The molecule has 0 aromatic heterocycles. The molecule has 0 heterocycles. The highest BCUT2D eigenvalue weighted by Gasteiger charge is 2.26. The highest BCUT2D eigenvalue weighted by Crippen LogP contribution is 2.19. The molecule has 24 heavy (non-hydrogen) atoms. The Morgan fingerprint density at radius 1 is 1.08 bits per heavy atom. The van der Waals surface area contributed by atoms with Crippen molar-refractivity contribution < 1.29 is 17.9 Å². The monoisotopic (exact) mass is 411 g/mol. The lowest BCUT2D eigenvalue weighted by atomic mass is 10.1. The van der Waals surface area contributed by atoms with Crippen molar-refractivity contribution in [2.24, 2.45) is 0 Å². The summed E-state index contributed by atoms with van der Waals surface area (Å²) in [4.78, 5) is 11.8. The van der Waals surface area contributed by atoms with Crippen LogP contribution in [-0.2, 0) is 26.0 Å². The molecule has 0 amide bonds. The molecule has 0 spiro atoms. The SMILES string of the molecule is COC(=O)CN(CCc1ccccc1)S(=O)(=O)c1ccc(Br)cc1. The molecule has 7 heteroatoms. The molecule has 0 N–H and O–H groups in total. The molecule has 2 aromatic carbocycles. The first kappa shape index (κ1) is 18.6. The van der Waals surface area contributed by atoms with E-state index in [4.69, 9.17) is 0 Å². The number of nitrogens with zero attached hydrogens (tertiary/aromatic N) is 1. The molecule has 0 saturated heterocycles. The van der Waals surface area contributed by atoms with Crippen LogP contribution in [0.5, 0.6) is 0 Å². The molecule has 2 rings (SSSR count). The fourth-order valence-electron chi connectivity index (χ4n) is 2.15. The zero-order valence-electron chi connectivity index (χ0n) is 13.2. The average Bonchev–Trinajstić information content (AvgIpc) is 2.59. The van der Waals surface area contributed by atoms with Crippen molar-refractivity contribution in [3.8, 4) is 0 Å². The maximum atomic E-state index is 12.8. The smallest absolute Gasteiger partial charge is 0.321 e. The summed E-state index contributed by atoms with van der Waals surface area (Å²) in [5.74, 6) is -0.594. The van der Waals surface area contributed by atoms with Crippen LogP contribution < -0.4 is 0 Å². The van der Waals surface area contributed by atoms with Gasteiger partial charge in [-0.1, -0.05) is 46.3 Å². The Morgan fingerprint density at radius 3 is 2.29 bits per heavy atom. The van der Waals surface area contributed by atoms with Crippen molar-refractivity contribution in [3.05, 3.63) is 64.6 Å². The number of hydrogen-bond acceptors (Lipinski definition) is 4. The van der Waals surface area contributed by atoms with Crippen LogP contribution in [0.4, 0.5) is 0 Å².